The average molecular weight is 371 g/mol. The van der Waals surface area contributed by atoms with Gasteiger partial charge in [-0.1, -0.05) is 15.9 Å². The molecule has 0 radical (unpaired) electrons. The Balaban J connectivity index is 1.95. The maximum atomic E-state index is 12.4. The van der Waals surface area contributed by atoms with E-state index in [1.165, 1.54) is 0 Å². The standard InChI is InChI=1S/C18H15BrN2O2/c1-2-23-16-10-9-15(14-4-3-11-20-17(14)16)21-18(22)12-5-7-13(19)8-6-12/h3-11H,2H2,1H3,(H,21,22). The van der Waals surface area contributed by atoms with E-state index in [0.717, 1.165) is 15.4 Å². The van der Waals surface area contributed by atoms with Crippen molar-refractivity contribution in [3.63, 3.8) is 0 Å². The lowest BCUT2D eigenvalue weighted by molar-refractivity contribution is 0.102. The molecule has 116 valence electrons. The van der Waals surface area contributed by atoms with Crippen molar-refractivity contribution in [2.75, 3.05) is 11.9 Å². The molecule has 2 aromatic carbocycles. The molecular formula is C18H15BrN2O2. The molecule has 1 aromatic heterocycles. The summed E-state index contributed by atoms with van der Waals surface area (Å²) in [7, 11) is 0. The molecule has 4 nitrogen and oxygen atoms in total. The van der Waals surface area contributed by atoms with E-state index in [9.17, 15) is 4.79 Å². The van der Waals surface area contributed by atoms with E-state index >= 15 is 0 Å². The summed E-state index contributed by atoms with van der Waals surface area (Å²) in [5.41, 5.74) is 2.05. The maximum Gasteiger partial charge on any atom is 0.255 e. The van der Waals surface area contributed by atoms with Crippen molar-refractivity contribution in [3.05, 3.63) is 64.8 Å². The normalized spacial score (nSPS) is 10.5. The Morgan fingerprint density at radius 3 is 2.70 bits per heavy atom. The van der Waals surface area contributed by atoms with Crippen LogP contribution in [-0.2, 0) is 0 Å². The number of hydrogen-bond acceptors (Lipinski definition) is 3. The van der Waals surface area contributed by atoms with E-state index in [1.54, 1.807) is 18.3 Å². The van der Waals surface area contributed by atoms with Gasteiger partial charge >= 0.3 is 0 Å². The van der Waals surface area contributed by atoms with Crippen LogP contribution in [0.2, 0.25) is 0 Å². The Bertz CT molecular complexity index is 847. The summed E-state index contributed by atoms with van der Waals surface area (Å²) in [6.45, 7) is 2.49. The fourth-order valence-corrected chi connectivity index (χ4v) is 2.59. The zero-order chi connectivity index (χ0) is 16.2. The van der Waals surface area contributed by atoms with Crippen molar-refractivity contribution in [3.8, 4) is 5.75 Å². The number of carbonyl (C=O) groups is 1. The topological polar surface area (TPSA) is 51.2 Å². The van der Waals surface area contributed by atoms with E-state index in [4.69, 9.17) is 4.74 Å². The van der Waals surface area contributed by atoms with Crippen molar-refractivity contribution >= 4 is 38.4 Å². The summed E-state index contributed by atoms with van der Waals surface area (Å²) in [5, 5.41) is 3.79. The molecule has 0 spiro atoms. The number of aromatic nitrogens is 1. The third kappa shape index (κ3) is 3.35. The van der Waals surface area contributed by atoms with Crippen LogP contribution in [-0.4, -0.2) is 17.5 Å². The minimum absolute atomic E-state index is 0.160. The van der Waals surface area contributed by atoms with Crippen LogP contribution in [0.4, 0.5) is 5.69 Å². The Hall–Kier alpha value is -2.40. The lowest BCUT2D eigenvalue weighted by Crippen LogP contribution is -2.12. The maximum absolute atomic E-state index is 12.4. The van der Waals surface area contributed by atoms with Gasteiger partial charge in [0.25, 0.3) is 5.91 Å². The summed E-state index contributed by atoms with van der Waals surface area (Å²) in [5.74, 6) is 0.552. The summed E-state index contributed by atoms with van der Waals surface area (Å²) in [6.07, 6.45) is 1.71. The molecule has 1 amide bonds. The SMILES string of the molecule is CCOc1ccc(NC(=O)c2ccc(Br)cc2)c2cccnc12. The number of amides is 1. The predicted octanol–water partition coefficient (Wildman–Crippen LogP) is 4.65. The molecular weight excluding hydrogens is 356 g/mol. The Kier molecular flexibility index (Phi) is 4.57. The molecule has 3 rings (SSSR count). The number of nitrogens with zero attached hydrogens (tertiary/aromatic N) is 1. The molecule has 3 aromatic rings. The van der Waals surface area contributed by atoms with Gasteiger partial charge in [-0.2, -0.15) is 0 Å². The number of ether oxygens (including phenoxy) is 1. The van der Waals surface area contributed by atoms with Crippen molar-refractivity contribution in [2.24, 2.45) is 0 Å². The average Bonchev–Trinajstić information content (AvgIpc) is 2.58. The highest BCUT2D eigenvalue weighted by atomic mass is 79.9. The molecule has 0 saturated carbocycles. The molecule has 0 fully saturated rings. The molecule has 23 heavy (non-hydrogen) atoms. The van der Waals surface area contributed by atoms with Gasteiger partial charge in [-0.15, -0.1) is 0 Å². The Labute approximate surface area is 142 Å². The van der Waals surface area contributed by atoms with Crippen LogP contribution in [0.1, 0.15) is 17.3 Å². The quantitative estimate of drug-likeness (QED) is 0.727. The first-order chi connectivity index (χ1) is 11.2. The number of benzene rings is 2. The predicted molar refractivity (Wildman–Crippen MR) is 95.0 cm³/mol. The summed E-state index contributed by atoms with van der Waals surface area (Å²) in [4.78, 5) is 16.8. The third-order valence-electron chi connectivity index (χ3n) is 3.39. The smallest absolute Gasteiger partial charge is 0.255 e. The number of pyridine rings is 1. The van der Waals surface area contributed by atoms with Gasteiger partial charge in [0.05, 0.1) is 12.3 Å². The van der Waals surface area contributed by atoms with Gasteiger partial charge in [-0.25, -0.2) is 0 Å². The second-order valence-corrected chi connectivity index (χ2v) is 5.82. The van der Waals surface area contributed by atoms with Crippen LogP contribution >= 0.6 is 15.9 Å². The van der Waals surface area contributed by atoms with E-state index < -0.39 is 0 Å². The highest BCUT2D eigenvalue weighted by Crippen LogP contribution is 2.30. The van der Waals surface area contributed by atoms with Gasteiger partial charge in [0, 0.05) is 21.6 Å². The molecule has 0 unspecified atom stereocenters. The highest BCUT2D eigenvalue weighted by Gasteiger charge is 2.11. The molecule has 0 atom stereocenters. The van der Waals surface area contributed by atoms with Gasteiger partial charge in [0.15, 0.2) is 0 Å². The second-order valence-electron chi connectivity index (χ2n) is 4.90. The highest BCUT2D eigenvalue weighted by molar-refractivity contribution is 9.10. The van der Waals surface area contributed by atoms with Crippen molar-refractivity contribution in [1.29, 1.82) is 0 Å². The number of hydrogen-bond donors (Lipinski definition) is 1. The number of carbonyl (C=O) groups excluding carboxylic acids is 1. The van der Waals surface area contributed by atoms with Gasteiger partial charge in [-0.05, 0) is 55.5 Å². The summed E-state index contributed by atoms with van der Waals surface area (Å²) in [6, 6.07) is 14.7. The monoisotopic (exact) mass is 370 g/mol. The lowest BCUT2D eigenvalue weighted by Gasteiger charge is -2.12. The molecule has 0 aliphatic carbocycles. The van der Waals surface area contributed by atoms with Gasteiger partial charge < -0.3 is 10.1 Å². The van der Waals surface area contributed by atoms with Gasteiger partial charge in [0.2, 0.25) is 0 Å². The van der Waals surface area contributed by atoms with Crippen LogP contribution in [0, 0.1) is 0 Å². The lowest BCUT2D eigenvalue weighted by atomic mass is 10.1. The van der Waals surface area contributed by atoms with Crippen LogP contribution < -0.4 is 10.1 Å². The van der Waals surface area contributed by atoms with Crippen LogP contribution in [0.25, 0.3) is 10.9 Å². The second kappa shape index (κ2) is 6.79. The van der Waals surface area contributed by atoms with E-state index in [-0.39, 0.29) is 5.91 Å². The molecule has 5 heteroatoms. The number of fused-ring (bicyclic) bond motifs is 1. The first kappa shape index (κ1) is 15.5. The van der Waals surface area contributed by atoms with E-state index in [2.05, 4.69) is 26.2 Å². The van der Waals surface area contributed by atoms with Crippen LogP contribution in [0.3, 0.4) is 0 Å². The summed E-state index contributed by atoms with van der Waals surface area (Å²) < 4.78 is 6.53. The first-order valence-electron chi connectivity index (χ1n) is 7.26. The van der Waals surface area contributed by atoms with Crippen molar-refractivity contribution in [2.45, 2.75) is 6.92 Å². The first-order valence-corrected chi connectivity index (χ1v) is 8.06. The molecule has 0 saturated heterocycles. The Morgan fingerprint density at radius 2 is 1.96 bits per heavy atom. The molecule has 0 aliphatic heterocycles. The number of anilines is 1. The number of nitrogens with one attached hydrogen (secondary N) is 1. The largest absolute Gasteiger partial charge is 0.492 e. The Morgan fingerprint density at radius 1 is 1.17 bits per heavy atom. The van der Waals surface area contributed by atoms with Gasteiger partial charge in [0.1, 0.15) is 11.3 Å². The van der Waals surface area contributed by atoms with Crippen LogP contribution in [0.5, 0.6) is 5.75 Å². The molecule has 1 heterocycles. The number of halogens is 1. The molecule has 0 aliphatic rings. The molecule has 1 N–H and O–H groups in total. The van der Waals surface area contributed by atoms with E-state index in [1.807, 2.05) is 43.3 Å². The minimum Gasteiger partial charge on any atom is -0.492 e. The number of rotatable bonds is 4. The van der Waals surface area contributed by atoms with Crippen molar-refractivity contribution in [1.82, 2.24) is 4.98 Å². The minimum atomic E-state index is -0.160. The van der Waals surface area contributed by atoms with Crippen molar-refractivity contribution < 1.29 is 9.53 Å². The summed E-state index contributed by atoms with van der Waals surface area (Å²) >= 11 is 3.36. The van der Waals surface area contributed by atoms with Gasteiger partial charge in [-0.3, -0.25) is 9.78 Å². The zero-order valence-electron chi connectivity index (χ0n) is 12.5. The van der Waals surface area contributed by atoms with E-state index in [0.29, 0.717) is 23.6 Å². The third-order valence-corrected chi connectivity index (χ3v) is 3.92. The zero-order valence-corrected chi connectivity index (χ0v) is 14.1. The van der Waals surface area contributed by atoms with Crippen LogP contribution in [0.15, 0.2) is 59.2 Å². The fourth-order valence-electron chi connectivity index (χ4n) is 2.32. The fraction of sp³-hybridized carbons (Fsp3) is 0.111. The molecule has 0 bridgehead atoms.